The second-order valence-corrected chi connectivity index (χ2v) is 6.95. The molecule has 3 aromatic rings. The molecule has 1 aliphatic rings. The molecular formula is C21H20N2O3. The van der Waals surface area contributed by atoms with E-state index in [2.05, 4.69) is 29.2 Å². The molecule has 0 bridgehead atoms. The maximum Gasteiger partial charge on any atom is 0.198 e. The third-order valence-electron chi connectivity index (χ3n) is 5.30. The van der Waals surface area contributed by atoms with Crippen molar-refractivity contribution in [3.05, 3.63) is 80.6 Å². The molecule has 0 aliphatic carbocycles. The fourth-order valence-corrected chi connectivity index (χ4v) is 3.90. The number of quaternary nitrogens is 1. The number of H-pyrrole nitrogens is 1. The number of aryl methyl sites for hydroxylation is 1. The van der Waals surface area contributed by atoms with Gasteiger partial charge in [-0.05, 0) is 18.6 Å². The lowest BCUT2D eigenvalue weighted by Crippen LogP contribution is -3.10. The largest absolute Gasteiger partial charge is 0.545 e. The summed E-state index contributed by atoms with van der Waals surface area (Å²) in [6, 6.07) is 13.2. The molecule has 4 rings (SSSR count). The Morgan fingerprint density at radius 3 is 2.69 bits per heavy atom. The van der Waals surface area contributed by atoms with Gasteiger partial charge in [0.1, 0.15) is 13.1 Å². The molecule has 5 heteroatoms. The summed E-state index contributed by atoms with van der Waals surface area (Å²) in [4.78, 5) is 28.8. The minimum atomic E-state index is -1.28. The van der Waals surface area contributed by atoms with Crippen molar-refractivity contribution in [1.29, 1.82) is 0 Å². The zero-order valence-corrected chi connectivity index (χ0v) is 14.6. The van der Waals surface area contributed by atoms with Crippen LogP contribution in [0.5, 0.6) is 0 Å². The van der Waals surface area contributed by atoms with Crippen LogP contribution in [0.15, 0.2) is 47.3 Å². The van der Waals surface area contributed by atoms with Crippen LogP contribution in [-0.4, -0.2) is 17.5 Å². The van der Waals surface area contributed by atoms with Gasteiger partial charge in [0.25, 0.3) is 0 Å². The molecule has 1 aliphatic heterocycles. The highest BCUT2D eigenvalue weighted by atomic mass is 16.4. The number of rotatable bonds is 3. The van der Waals surface area contributed by atoms with Crippen LogP contribution in [0.4, 0.5) is 0 Å². The van der Waals surface area contributed by atoms with Crippen molar-refractivity contribution >= 4 is 16.9 Å². The van der Waals surface area contributed by atoms with E-state index in [1.165, 1.54) is 22.1 Å². The minimum absolute atomic E-state index is 0.0218. The SMILES string of the molecule is Cc1[nH]c2c(C(=O)[O-])cccc2c(=O)c1C[NH+]1CCc2ccccc2C1. The van der Waals surface area contributed by atoms with Gasteiger partial charge in [0.15, 0.2) is 5.43 Å². The van der Waals surface area contributed by atoms with Crippen LogP contribution in [0.3, 0.4) is 0 Å². The Hall–Kier alpha value is -2.92. The molecule has 0 amide bonds. The summed E-state index contributed by atoms with van der Waals surface area (Å²) in [6.07, 6.45) is 1.00. The van der Waals surface area contributed by atoms with Crippen molar-refractivity contribution in [1.82, 2.24) is 4.98 Å². The van der Waals surface area contributed by atoms with E-state index in [-0.39, 0.29) is 11.0 Å². The molecule has 0 radical (unpaired) electrons. The molecule has 2 aromatic carbocycles. The smallest absolute Gasteiger partial charge is 0.198 e. The Balaban J connectivity index is 1.72. The van der Waals surface area contributed by atoms with Gasteiger partial charge in [0.2, 0.25) is 0 Å². The van der Waals surface area contributed by atoms with Gasteiger partial charge in [-0.25, -0.2) is 0 Å². The maximum atomic E-state index is 13.0. The second-order valence-electron chi connectivity index (χ2n) is 6.95. The number of carboxylic acid groups (broad SMARTS) is 1. The summed E-state index contributed by atoms with van der Waals surface area (Å²) in [5.74, 6) is -1.28. The topological polar surface area (TPSA) is 77.4 Å². The Bertz CT molecular complexity index is 1070. The van der Waals surface area contributed by atoms with Gasteiger partial charge in [-0.2, -0.15) is 0 Å². The summed E-state index contributed by atoms with van der Waals surface area (Å²) in [7, 11) is 0. The summed E-state index contributed by atoms with van der Waals surface area (Å²) in [5.41, 5.74) is 4.45. The molecule has 2 heterocycles. The Morgan fingerprint density at radius 2 is 1.92 bits per heavy atom. The average molecular weight is 348 g/mol. The van der Waals surface area contributed by atoms with Gasteiger partial charge in [-0.3, -0.25) is 4.79 Å². The van der Waals surface area contributed by atoms with Crippen molar-refractivity contribution < 1.29 is 14.8 Å². The summed E-state index contributed by atoms with van der Waals surface area (Å²) in [5, 5.41) is 11.7. The molecule has 132 valence electrons. The number of benzene rings is 2. The zero-order chi connectivity index (χ0) is 18.3. The maximum absolute atomic E-state index is 13.0. The van der Waals surface area contributed by atoms with Gasteiger partial charge in [0.05, 0.1) is 23.6 Å². The van der Waals surface area contributed by atoms with Gasteiger partial charge in [-0.15, -0.1) is 0 Å². The molecular weight excluding hydrogens is 328 g/mol. The first-order chi connectivity index (χ1) is 12.5. The third-order valence-corrected chi connectivity index (χ3v) is 5.30. The number of carboxylic acids is 1. The van der Waals surface area contributed by atoms with E-state index in [9.17, 15) is 14.7 Å². The number of aromatic amines is 1. The lowest BCUT2D eigenvalue weighted by atomic mass is 9.99. The molecule has 0 fully saturated rings. The highest BCUT2D eigenvalue weighted by molar-refractivity contribution is 6.00. The highest BCUT2D eigenvalue weighted by Gasteiger charge is 2.22. The number of carbonyl (C=O) groups is 1. The first-order valence-electron chi connectivity index (χ1n) is 8.81. The summed E-state index contributed by atoms with van der Waals surface area (Å²) >= 11 is 0. The standard InChI is InChI=1S/C21H20N2O3/c1-13-18(12-23-10-9-14-5-2-3-6-15(14)11-23)20(24)16-7-4-8-17(21(25)26)19(16)22-13/h2-8H,9-12H2,1H3,(H,22,24)(H,25,26). The fourth-order valence-electron chi connectivity index (χ4n) is 3.90. The van der Waals surface area contributed by atoms with E-state index < -0.39 is 5.97 Å². The van der Waals surface area contributed by atoms with Crippen molar-refractivity contribution in [2.75, 3.05) is 6.54 Å². The third kappa shape index (κ3) is 2.80. The lowest BCUT2D eigenvalue weighted by molar-refractivity contribution is -0.929. The predicted octanol–water partition coefficient (Wildman–Crippen LogP) is 0.341. The van der Waals surface area contributed by atoms with E-state index in [4.69, 9.17) is 0 Å². The van der Waals surface area contributed by atoms with Crippen molar-refractivity contribution in [3.63, 3.8) is 0 Å². The van der Waals surface area contributed by atoms with E-state index >= 15 is 0 Å². The van der Waals surface area contributed by atoms with Crippen LogP contribution in [0.2, 0.25) is 0 Å². The molecule has 5 nitrogen and oxygen atoms in total. The molecule has 0 spiro atoms. The number of aromatic nitrogens is 1. The highest BCUT2D eigenvalue weighted by Crippen LogP contribution is 2.16. The first kappa shape index (κ1) is 16.5. The van der Waals surface area contributed by atoms with Crippen molar-refractivity contribution in [2.45, 2.75) is 26.4 Å². The molecule has 2 N–H and O–H groups in total. The first-order valence-corrected chi connectivity index (χ1v) is 8.81. The van der Waals surface area contributed by atoms with Crippen LogP contribution in [-0.2, 0) is 19.5 Å². The number of aromatic carboxylic acids is 1. The number of nitrogens with one attached hydrogen (secondary N) is 2. The van der Waals surface area contributed by atoms with Gasteiger partial charge in [0, 0.05) is 28.6 Å². The van der Waals surface area contributed by atoms with Gasteiger partial charge < -0.3 is 19.8 Å². The van der Waals surface area contributed by atoms with Crippen molar-refractivity contribution in [2.24, 2.45) is 0 Å². The number of hydrogen-bond donors (Lipinski definition) is 2. The molecule has 1 unspecified atom stereocenters. The van der Waals surface area contributed by atoms with E-state index in [0.29, 0.717) is 17.4 Å². The normalized spacial score (nSPS) is 16.4. The summed E-state index contributed by atoms with van der Waals surface area (Å²) < 4.78 is 0. The summed E-state index contributed by atoms with van der Waals surface area (Å²) in [6.45, 7) is 4.33. The van der Waals surface area contributed by atoms with E-state index in [0.717, 1.165) is 30.8 Å². The number of para-hydroxylation sites is 1. The molecule has 1 atom stereocenters. The van der Waals surface area contributed by atoms with Crippen molar-refractivity contribution in [3.8, 4) is 0 Å². The average Bonchev–Trinajstić information content (AvgIpc) is 2.64. The van der Waals surface area contributed by atoms with E-state index in [1.807, 2.05) is 6.92 Å². The Labute approximate surface area is 150 Å². The predicted molar refractivity (Wildman–Crippen MR) is 97.0 cm³/mol. The molecule has 0 saturated carbocycles. The van der Waals surface area contributed by atoms with Crippen LogP contribution >= 0.6 is 0 Å². The monoisotopic (exact) mass is 348 g/mol. The molecule has 26 heavy (non-hydrogen) atoms. The lowest BCUT2D eigenvalue weighted by Gasteiger charge is -2.26. The fraction of sp³-hybridized carbons (Fsp3) is 0.238. The molecule has 1 aromatic heterocycles. The van der Waals surface area contributed by atoms with Gasteiger partial charge in [-0.1, -0.05) is 36.4 Å². The van der Waals surface area contributed by atoms with Crippen LogP contribution < -0.4 is 15.4 Å². The van der Waals surface area contributed by atoms with Crippen LogP contribution in [0, 0.1) is 6.92 Å². The number of carbonyl (C=O) groups excluding carboxylic acids is 1. The molecule has 0 saturated heterocycles. The van der Waals surface area contributed by atoms with Crippen LogP contribution in [0.1, 0.15) is 32.7 Å². The number of fused-ring (bicyclic) bond motifs is 2. The zero-order valence-electron chi connectivity index (χ0n) is 14.6. The minimum Gasteiger partial charge on any atom is -0.545 e. The second kappa shape index (κ2) is 6.42. The van der Waals surface area contributed by atoms with Crippen LogP contribution in [0.25, 0.3) is 10.9 Å². The Morgan fingerprint density at radius 1 is 1.15 bits per heavy atom. The number of pyridine rings is 1. The van der Waals surface area contributed by atoms with Gasteiger partial charge >= 0.3 is 0 Å². The van der Waals surface area contributed by atoms with E-state index in [1.54, 1.807) is 12.1 Å². The number of hydrogen-bond acceptors (Lipinski definition) is 3. The quantitative estimate of drug-likeness (QED) is 0.717. The Kier molecular flexibility index (Phi) is 4.09.